The number of hydrogen-bond donors (Lipinski definition) is 1. The summed E-state index contributed by atoms with van der Waals surface area (Å²) in [7, 11) is 0. The van der Waals surface area contributed by atoms with Crippen molar-refractivity contribution >= 4 is 17.9 Å². The number of carbonyl (C=O) groups excluding carboxylic acids is 3. The van der Waals surface area contributed by atoms with Crippen LogP contribution in [0, 0.1) is 0 Å². The van der Waals surface area contributed by atoms with Crippen molar-refractivity contribution in [2.75, 3.05) is 0 Å². The van der Waals surface area contributed by atoms with Gasteiger partial charge in [-0.15, -0.1) is 0 Å². The highest BCUT2D eigenvalue weighted by Crippen LogP contribution is 2.29. The predicted molar refractivity (Wildman–Crippen MR) is 54.8 cm³/mol. The monoisotopic (exact) mass is 290 g/mol. The molecule has 1 aromatic rings. The molecule has 0 spiro atoms. The van der Waals surface area contributed by atoms with Gasteiger partial charge in [-0.3, -0.25) is 0 Å². The highest BCUT2D eigenvalue weighted by molar-refractivity contribution is 6.04. The molecule has 20 heavy (non-hydrogen) atoms. The summed E-state index contributed by atoms with van der Waals surface area (Å²) in [5, 5.41) is 10.2. The molecule has 108 valence electrons. The Hall–Kier alpha value is -2.42. The number of carbonyl (C=O) groups is 3. The topological polar surface area (TPSA) is 110 Å². The van der Waals surface area contributed by atoms with E-state index in [1.165, 1.54) is 0 Å². The Morgan fingerprint density at radius 3 is 2.05 bits per heavy atom. The molecule has 1 aromatic carbocycles. The number of alkyl halides is 3. The molecule has 0 heterocycles. The van der Waals surface area contributed by atoms with E-state index in [1.807, 2.05) is 0 Å². The van der Waals surface area contributed by atoms with Crippen molar-refractivity contribution in [2.24, 2.45) is 5.73 Å². The van der Waals surface area contributed by atoms with Crippen molar-refractivity contribution < 1.29 is 37.4 Å². The number of halogens is 3. The van der Waals surface area contributed by atoms with E-state index in [-0.39, 0.29) is 5.56 Å². The van der Waals surface area contributed by atoms with Gasteiger partial charge in [-0.05, 0) is 24.3 Å². The van der Waals surface area contributed by atoms with E-state index in [9.17, 15) is 32.7 Å². The fourth-order valence-electron chi connectivity index (χ4n) is 1.11. The number of esters is 2. The number of aliphatic carboxylic acids is 1. The second kappa shape index (κ2) is 5.70. The van der Waals surface area contributed by atoms with Crippen LogP contribution >= 0.6 is 0 Å². The first-order valence-electron chi connectivity index (χ1n) is 5.02. The molecular formula is C11H7F3NO5-. The lowest BCUT2D eigenvalue weighted by molar-refractivity contribution is -0.306. The predicted octanol–water partition coefficient (Wildman–Crippen LogP) is -0.534. The fourth-order valence-corrected chi connectivity index (χ4v) is 1.11. The summed E-state index contributed by atoms with van der Waals surface area (Å²) >= 11 is 0. The zero-order valence-electron chi connectivity index (χ0n) is 9.64. The van der Waals surface area contributed by atoms with E-state index in [0.29, 0.717) is 12.1 Å². The van der Waals surface area contributed by atoms with Crippen molar-refractivity contribution in [3.8, 4) is 0 Å². The normalized spacial score (nSPS) is 12.6. The maximum absolute atomic E-state index is 12.3. The highest BCUT2D eigenvalue weighted by Gasteiger charge is 2.30. The lowest BCUT2D eigenvalue weighted by Crippen LogP contribution is -2.48. The Morgan fingerprint density at radius 1 is 1.15 bits per heavy atom. The van der Waals surface area contributed by atoms with Crippen LogP contribution in [0.3, 0.4) is 0 Å². The second-order valence-corrected chi connectivity index (χ2v) is 3.58. The van der Waals surface area contributed by atoms with Crippen LogP contribution in [0.5, 0.6) is 0 Å². The molecule has 0 bridgehead atoms. The molecule has 0 saturated carbocycles. The van der Waals surface area contributed by atoms with Gasteiger partial charge in [0.2, 0.25) is 0 Å². The number of nitrogens with two attached hydrogens (primary N) is 1. The summed E-state index contributed by atoms with van der Waals surface area (Å²) in [6, 6.07) is 0.624. The summed E-state index contributed by atoms with van der Waals surface area (Å²) in [5.74, 6) is -4.84. The summed E-state index contributed by atoms with van der Waals surface area (Å²) < 4.78 is 40.9. The summed E-state index contributed by atoms with van der Waals surface area (Å²) in [4.78, 5) is 32.6. The number of hydrogen-bond acceptors (Lipinski definition) is 6. The molecule has 0 aliphatic rings. The zero-order chi connectivity index (χ0) is 15.5. The largest absolute Gasteiger partial charge is 0.548 e. The average molecular weight is 290 g/mol. The van der Waals surface area contributed by atoms with E-state index in [4.69, 9.17) is 5.73 Å². The third-order valence-corrected chi connectivity index (χ3v) is 2.15. The Kier molecular flexibility index (Phi) is 4.45. The zero-order valence-corrected chi connectivity index (χ0v) is 9.64. The molecule has 1 unspecified atom stereocenters. The lowest BCUT2D eigenvalue weighted by atomic mass is 10.1. The van der Waals surface area contributed by atoms with Crippen LogP contribution in [0.2, 0.25) is 0 Å². The van der Waals surface area contributed by atoms with Gasteiger partial charge in [-0.2, -0.15) is 13.2 Å². The molecule has 0 aliphatic carbocycles. The molecule has 0 amide bonds. The quantitative estimate of drug-likeness (QED) is 0.591. The van der Waals surface area contributed by atoms with E-state index < -0.39 is 35.7 Å². The average Bonchev–Trinajstić information content (AvgIpc) is 2.36. The van der Waals surface area contributed by atoms with Gasteiger partial charge in [0.1, 0.15) is 6.04 Å². The van der Waals surface area contributed by atoms with E-state index in [1.54, 1.807) is 0 Å². The molecular weight excluding hydrogens is 283 g/mol. The van der Waals surface area contributed by atoms with Crippen molar-refractivity contribution in [3.63, 3.8) is 0 Å². The van der Waals surface area contributed by atoms with Gasteiger partial charge in [0.25, 0.3) is 0 Å². The Balaban J connectivity index is 2.79. The Morgan fingerprint density at radius 2 is 1.65 bits per heavy atom. The first-order chi connectivity index (χ1) is 9.12. The van der Waals surface area contributed by atoms with Gasteiger partial charge >= 0.3 is 18.1 Å². The summed E-state index contributed by atoms with van der Waals surface area (Å²) in [5.41, 5.74) is 3.47. The third-order valence-electron chi connectivity index (χ3n) is 2.15. The van der Waals surface area contributed by atoms with E-state index in [2.05, 4.69) is 4.74 Å². The molecule has 0 radical (unpaired) electrons. The van der Waals surface area contributed by atoms with Crippen LogP contribution in [0.4, 0.5) is 13.2 Å². The molecule has 0 aliphatic heterocycles. The van der Waals surface area contributed by atoms with Crippen LogP contribution in [0.25, 0.3) is 0 Å². The van der Waals surface area contributed by atoms with Crippen LogP contribution in [0.15, 0.2) is 24.3 Å². The first-order valence-corrected chi connectivity index (χ1v) is 5.02. The fraction of sp³-hybridized carbons (Fsp3) is 0.182. The minimum Gasteiger partial charge on any atom is -0.548 e. The van der Waals surface area contributed by atoms with Crippen LogP contribution in [-0.2, 0) is 20.5 Å². The van der Waals surface area contributed by atoms with E-state index >= 15 is 0 Å². The molecule has 0 saturated heterocycles. The minimum atomic E-state index is -4.57. The second-order valence-electron chi connectivity index (χ2n) is 3.58. The highest BCUT2D eigenvalue weighted by atomic mass is 19.4. The third kappa shape index (κ3) is 3.79. The smallest absolute Gasteiger partial charge is 0.416 e. The number of carboxylic acid groups (broad SMARTS) is 1. The lowest BCUT2D eigenvalue weighted by Gasteiger charge is -2.11. The maximum Gasteiger partial charge on any atom is 0.416 e. The van der Waals surface area contributed by atoms with Gasteiger partial charge in [-0.25, -0.2) is 9.59 Å². The number of carboxylic acids is 1. The van der Waals surface area contributed by atoms with Crippen LogP contribution in [0.1, 0.15) is 15.9 Å². The van der Waals surface area contributed by atoms with Gasteiger partial charge in [-0.1, -0.05) is 0 Å². The molecule has 9 heteroatoms. The maximum atomic E-state index is 12.3. The van der Waals surface area contributed by atoms with Crippen LogP contribution < -0.4 is 10.8 Å². The first kappa shape index (κ1) is 15.6. The van der Waals surface area contributed by atoms with Gasteiger partial charge in [0.15, 0.2) is 0 Å². The molecule has 0 aromatic heterocycles. The van der Waals surface area contributed by atoms with Crippen molar-refractivity contribution in [1.82, 2.24) is 0 Å². The van der Waals surface area contributed by atoms with Crippen molar-refractivity contribution in [3.05, 3.63) is 35.4 Å². The molecule has 1 rings (SSSR count). The van der Waals surface area contributed by atoms with Gasteiger partial charge in [0.05, 0.1) is 17.1 Å². The number of rotatable bonds is 3. The SMILES string of the molecule is NC(C(=O)[O-])C(=O)OC(=O)c1ccc(C(F)(F)F)cc1. The molecule has 1 atom stereocenters. The van der Waals surface area contributed by atoms with Crippen molar-refractivity contribution in [2.45, 2.75) is 12.2 Å². The minimum absolute atomic E-state index is 0.364. The van der Waals surface area contributed by atoms with E-state index in [0.717, 1.165) is 12.1 Å². The summed E-state index contributed by atoms with van der Waals surface area (Å²) in [6.07, 6.45) is -4.57. The Bertz CT molecular complexity index is 538. The summed E-state index contributed by atoms with van der Waals surface area (Å²) in [6.45, 7) is 0. The standard InChI is InChI=1S/C11H8F3NO5/c12-11(13,14)6-3-1-5(2-4-6)9(18)20-10(19)7(15)8(16)17/h1-4,7H,15H2,(H,16,17)/p-1. The number of benzene rings is 1. The molecule has 6 nitrogen and oxygen atoms in total. The Labute approximate surface area is 109 Å². The van der Waals surface area contributed by atoms with Gasteiger partial charge < -0.3 is 20.4 Å². The number of ether oxygens (including phenoxy) is 1. The van der Waals surface area contributed by atoms with Crippen LogP contribution in [-0.4, -0.2) is 23.9 Å². The molecule has 0 fully saturated rings. The van der Waals surface area contributed by atoms with Gasteiger partial charge in [0, 0.05) is 0 Å². The molecule has 2 N–H and O–H groups in total. The van der Waals surface area contributed by atoms with Crippen molar-refractivity contribution in [1.29, 1.82) is 0 Å².